The molecule has 0 saturated carbocycles. The highest BCUT2D eigenvalue weighted by Gasteiger charge is 2.21. The van der Waals surface area contributed by atoms with E-state index in [1.165, 1.54) is 0 Å². The number of nitrogens with one attached hydrogen (secondary N) is 1. The first-order valence-electron chi connectivity index (χ1n) is 4.82. The molecule has 1 aromatic rings. The minimum atomic E-state index is 0.0379. The minimum Gasteiger partial charge on any atom is -0.497 e. The normalized spacial score (nSPS) is 26.4. The molecule has 76 valence electrons. The maximum absolute atomic E-state index is 5.67. The van der Waals surface area contributed by atoms with E-state index in [-0.39, 0.29) is 6.23 Å². The third kappa shape index (κ3) is 1.89. The molecular formula is C11H15NO2. The summed E-state index contributed by atoms with van der Waals surface area (Å²) in [5.41, 5.74) is 1.15. The zero-order valence-electron chi connectivity index (χ0n) is 8.49. The summed E-state index contributed by atoms with van der Waals surface area (Å²) in [6.45, 7) is 2.98. The second-order valence-electron chi connectivity index (χ2n) is 3.51. The van der Waals surface area contributed by atoms with Crippen LogP contribution in [-0.2, 0) is 4.74 Å². The molecule has 1 fully saturated rings. The number of ether oxygens (including phenoxy) is 2. The second-order valence-corrected chi connectivity index (χ2v) is 3.51. The van der Waals surface area contributed by atoms with E-state index in [2.05, 4.69) is 12.2 Å². The first kappa shape index (κ1) is 9.49. The summed E-state index contributed by atoms with van der Waals surface area (Å²) in [4.78, 5) is 0. The SMILES string of the molecule is COc1ccc(C2NCC(C)O2)cc1. The van der Waals surface area contributed by atoms with Gasteiger partial charge in [0.2, 0.25) is 0 Å². The fourth-order valence-electron chi connectivity index (χ4n) is 1.58. The monoisotopic (exact) mass is 193 g/mol. The Morgan fingerprint density at radius 2 is 2.07 bits per heavy atom. The summed E-state index contributed by atoms with van der Waals surface area (Å²) in [5.74, 6) is 0.875. The lowest BCUT2D eigenvalue weighted by molar-refractivity contribution is 0.0510. The molecule has 0 aromatic heterocycles. The van der Waals surface area contributed by atoms with Crippen LogP contribution in [0.1, 0.15) is 18.7 Å². The van der Waals surface area contributed by atoms with Crippen LogP contribution in [0.2, 0.25) is 0 Å². The van der Waals surface area contributed by atoms with Crippen molar-refractivity contribution < 1.29 is 9.47 Å². The van der Waals surface area contributed by atoms with Gasteiger partial charge >= 0.3 is 0 Å². The van der Waals surface area contributed by atoms with Crippen molar-refractivity contribution in [2.24, 2.45) is 0 Å². The average Bonchev–Trinajstić information content (AvgIpc) is 2.65. The van der Waals surface area contributed by atoms with Gasteiger partial charge in [0.05, 0.1) is 13.2 Å². The summed E-state index contributed by atoms with van der Waals surface area (Å²) in [6, 6.07) is 7.94. The number of methoxy groups -OCH3 is 1. The quantitative estimate of drug-likeness (QED) is 0.775. The highest BCUT2D eigenvalue weighted by molar-refractivity contribution is 5.28. The van der Waals surface area contributed by atoms with Crippen LogP contribution in [0.5, 0.6) is 5.75 Å². The van der Waals surface area contributed by atoms with Crippen LogP contribution in [0, 0.1) is 0 Å². The molecule has 0 amide bonds. The predicted octanol–water partition coefficient (Wildman–Crippen LogP) is 1.70. The summed E-state index contributed by atoms with van der Waals surface area (Å²) >= 11 is 0. The van der Waals surface area contributed by atoms with Crippen LogP contribution < -0.4 is 10.1 Å². The highest BCUT2D eigenvalue weighted by Crippen LogP contribution is 2.22. The van der Waals surface area contributed by atoms with Crippen molar-refractivity contribution in [2.45, 2.75) is 19.3 Å². The van der Waals surface area contributed by atoms with Gasteiger partial charge in [-0.05, 0) is 24.6 Å². The van der Waals surface area contributed by atoms with Crippen LogP contribution >= 0.6 is 0 Å². The van der Waals surface area contributed by atoms with Crippen molar-refractivity contribution in [3.63, 3.8) is 0 Å². The van der Waals surface area contributed by atoms with E-state index in [0.29, 0.717) is 6.10 Å². The Bertz CT molecular complexity index is 297. The van der Waals surface area contributed by atoms with Crippen LogP contribution in [0.3, 0.4) is 0 Å². The average molecular weight is 193 g/mol. The highest BCUT2D eigenvalue weighted by atomic mass is 16.5. The largest absolute Gasteiger partial charge is 0.497 e. The maximum Gasteiger partial charge on any atom is 0.134 e. The molecule has 2 atom stereocenters. The van der Waals surface area contributed by atoms with Gasteiger partial charge in [0.1, 0.15) is 12.0 Å². The third-order valence-electron chi connectivity index (χ3n) is 2.38. The van der Waals surface area contributed by atoms with E-state index >= 15 is 0 Å². The Balaban J connectivity index is 2.09. The van der Waals surface area contributed by atoms with E-state index in [4.69, 9.17) is 9.47 Å². The fourth-order valence-corrected chi connectivity index (χ4v) is 1.58. The van der Waals surface area contributed by atoms with Gasteiger partial charge < -0.3 is 9.47 Å². The van der Waals surface area contributed by atoms with Crippen molar-refractivity contribution >= 4 is 0 Å². The van der Waals surface area contributed by atoms with Gasteiger partial charge in [0, 0.05) is 6.54 Å². The number of rotatable bonds is 2. The van der Waals surface area contributed by atoms with Crippen LogP contribution in [-0.4, -0.2) is 19.8 Å². The molecule has 1 aliphatic rings. The van der Waals surface area contributed by atoms with Crippen molar-refractivity contribution in [1.29, 1.82) is 0 Å². The van der Waals surface area contributed by atoms with Crippen LogP contribution in [0.4, 0.5) is 0 Å². The van der Waals surface area contributed by atoms with Crippen molar-refractivity contribution in [1.82, 2.24) is 5.32 Å². The smallest absolute Gasteiger partial charge is 0.134 e. The van der Waals surface area contributed by atoms with E-state index in [1.54, 1.807) is 7.11 Å². The Kier molecular flexibility index (Phi) is 2.70. The molecule has 0 radical (unpaired) electrons. The van der Waals surface area contributed by atoms with Gasteiger partial charge in [0.15, 0.2) is 0 Å². The standard InChI is InChI=1S/C11H15NO2/c1-8-7-12-11(14-8)9-3-5-10(13-2)6-4-9/h3-6,8,11-12H,7H2,1-2H3. The van der Waals surface area contributed by atoms with Crippen molar-refractivity contribution in [2.75, 3.05) is 13.7 Å². The number of hydrogen-bond donors (Lipinski definition) is 1. The molecule has 1 N–H and O–H groups in total. The lowest BCUT2D eigenvalue weighted by Crippen LogP contribution is -2.14. The first-order chi connectivity index (χ1) is 6.79. The molecule has 0 aliphatic carbocycles. The molecule has 1 aromatic carbocycles. The molecule has 3 nitrogen and oxygen atoms in total. The molecular weight excluding hydrogens is 178 g/mol. The van der Waals surface area contributed by atoms with E-state index in [1.807, 2.05) is 24.3 Å². The zero-order valence-corrected chi connectivity index (χ0v) is 8.49. The van der Waals surface area contributed by atoms with E-state index in [0.717, 1.165) is 17.9 Å². The van der Waals surface area contributed by atoms with Gasteiger partial charge in [0.25, 0.3) is 0 Å². The Hall–Kier alpha value is -1.06. The summed E-state index contributed by atoms with van der Waals surface area (Å²) in [5, 5.41) is 3.30. The minimum absolute atomic E-state index is 0.0379. The molecule has 3 heteroatoms. The van der Waals surface area contributed by atoms with E-state index < -0.39 is 0 Å². The summed E-state index contributed by atoms with van der Waals surface area (Å²) in [6.07, 6.45) is 0.331. The lowest BCUT2D eigenvalue weighted by Gasteiger charge is -2.11. The van der Waals surface area contributed by atoms with Gasteiger partial charge in [-0.3, -0.25) is 5.32 Å². The molecule has 14 heavy (non-hydrogen) atoms. The fraction of sp³-hybridized carbons (Fsp3) is 0.455. The lowest BCUT2D eigenvalue weighted by atomic mass is 10.2. The third-order valence-corrected chi connectivity index (χ3v) is 2.38. The molecule has 2 unspecified atom stereocenters. The number of hydrogen-bond acceptors (Lipinski definition) is 3. The topological polar surface area (TPSA) is 30.5 Å². The molecule has 1 aliphatic heterocycles. The van der Waals surface area contributed by atoms with Crippen molar-refractivity contribution in [3.05, 3.63) is 29.8 Å². The second kappa shape index (κ2) is 3.98. The number of benzene rings is 1. The van der Waals surface area contributed by atoms with Crippen LogP contribution in [0.15, 0.2) is 24.3 Å². The summed E-state index contributed by atoms with van der Waals surface area (Å²) in [7, 11) is 1.67. The van der Waals surface area contributed by atoms with Gasteiger partial charge in [-0.1, -0.05) is 12.1 Å². The van der Waals surface area contributed by atoms with Gasteiger partial charge in [-0.2, -0.15) is 0 Å². The Morgan fingerprint density at radius 1 is 1.36 bits per heavy atom. The molecule has 2 rings (SSSR count). The molecule has 1 saturated heterocycles. The van der Waals surface area contributed by atoms with Crippen molar-refractivity contribution in [3.8, 4) is 5.75 Å². The Morgan fingerprint density at radius 3 is 2.57 bits per heavy atom. The van der Waals surface area contributed by atoms with Gasteiger partial charge in [-0.25, -0.2) is 0 Å². The predicted molar refractivity (Wildman–Crippen MR) is 54.3 cm³/mol. The zero-order chi connectivity index (χ0) is 9.97. The first-order valence-corrected chi connectivity index (χ1v) is 4.82. The van der Waals surface area contributed by atoms with Crippen LogP contribution in [0.25, 0.3) is 0 Å². The molecule has 0 spiro atoms. The summed E-state index contributed by atoms with van der Waals surface area (Å²) < 4.78 is 10.8. The maximum atomic E-state index is 5.67. The Labute approximate surface area is 84.0 Å². The molecule has 1 heterocycles. The molecule has 0 bridgehead atoms. The van der Waals surface area contributed by atoms with Gasteiger partial charge in [-0.15, -0.1) is 0 Å². The van der Waals surface area contributed by atoms with E-state index in [9.17, 15) is 0 Å².